The summed E-state index contributed by atoms with van der Waals surface area (Å²) in [6.45, 7) is 3.30. The lowest BCUT2D eigenvalue weighted by molar-refractivity contribution is -0.0469. The zero-order valence-electron chi connectivity index (χ0n) is 12.6. The highest BCUT2D eigenvalue weighted by molar-refractivity contribution is 5.05. The number of nitrogens with zero attached hydrogens (tertiary/aromatic N) is 2. The van der Waals surface area contributed by atoms with E-state index in [1.54, 1.807) is 7.11 Å². The van der Waals surface area contributed by atoms with E-state index in [4.69, 9.17) is 14.0 Å². The number of methoxy groups -OCH3 is 1. The van der Waals surface area contributed by atoms with Crippen molar-refractivity contribution in [2.75, 3.05) is 27.4 Å². The Morgan fingerprint density at radius 3 is 2.75 bits per heavy atom. The summed E-state index contributed by atoms with van der Waals surface area (Å²) >= 11 is 0. The molecule has 114 valence electrons. The SMILES string of the molecule is CCOC1(c2noc(CC(COC)NC)n2)CCCC1. The largest absolute Gasteiger partial charge is 0.383 e. The van der Waals surface area contributed by atoms with E-state index in [0.717, 1.165) is 25.7 Å². The van der Waals surface area contributed by atoms with E-state index in [0.29, 0.717) is 31.3 Å². The lowest BCUT2D eigenvalue weighted by atomic mass is 10.0. The number of ether oxygens (including phenoxy) is 2. The van der Waals surface area contributed by atoms with Crippen LogP contribution in [0, 0.1) is 0 Å². The predicted molar refractivity (Wildman–Crippen MR) is 74.5 cm³/mol. The molecule has 6 heteroatoms. The highest BCUT2D eigenvalue weighted by Gasteiger charge is 2.40. The van der Waals surface area contributed by atoms with Crippen molar-refractivity contribution < 1.29 is 14.0 Å². The molecule has 20 heavy (non-hydrogen) atoms. The quantitative estimate of drug-likeness (QED) is 0.782. The van der Waals surface area contributed by atoms with Crippen molar-refractivity contribution in [2.45, 2.75) is 50.7 Å². The maximum Gasteiger partial charge on any atom is 0.228 e. The summed E-state index contributed by atoms with van der Waals surface area (Å²) in [7, 11) is 3.59. The van der Waals surface area contributed by atoms with Gasteiger partial charge in [-0.1, -0.05) is 5.16 Å². The zero-order chi connectivity index (χ0) is 14.4. The molecule has 6 nitrogen and oxygen atoms in total. The molecule has 1 aliphatic carbocycles. The van der Waals surface area contributed by atoms with Gasteiger partial charge in [0, 0.05) is 26.2 Å². The van der Waals surface area contributed by atoms with E-state index in [2.05, 4.69) is 15.5 Å². The number of likely N-dealkylation sites (N-methyl/N-ethyl adjacent to an activating group) is 1. The number of aromatic nitrogens is 2. The van der Waals surface area contributed by atoms with Gasteiger partial charge in [-0.3, -0.25) is 0 Å². The van der Waals surface area contributed by atoms with E-state index in [1.165, 1.54) is 0 Å². The Morgan fingerprint density at radius 1 is 1.40 bits per heavy atom. The van der Waals surface area contributed by atoms with Gasteiger partial charge in [0.25, 0.3) is 0 Å². The number of rotatable bonds is 8. The maximum atomic E-state index is 5.94. The van der Waals surface area contributed by atoms with Crippen LogP contribution in [-0.2, 0) is 21.5 Å². The fraction of sp³-hybridized carbons (Fsp3) is 0.857. The monoisotopic (exact) mass is 283 g/mol. The first-order valence-corrected chi connectivity index (χ1v) is 7.37. The smallest absolute Gasteiger partial charge is 0.228 e. The first kappa shape index (κ1) is 15.4. The predicted octanol–water partition coefficient (Wildman–Crippen LogP) is 1.65. The van der Waals surface area contributed by atoms with Crippen LogP contribution in [0.2, 0.25) is 0 Å². The second-order valence-corrected chi connectivity index (χ2v) is 5.29. The highest BCUT2D eigenvalue weighted by Crippen LogP contribution is 2.40. The van der Waals surface area contributed by atoms with Gasteiger partial charge in [0.15, 0.2) is 0 Å². The van der Waals surface area contributed by atoms with E-state index < -0.39 is 0 Å². The molecule has 0 saturated heterocycles. The zero-order valence-corrected chi connectivity index (χ0v) is 12.6. The topological polar surface area (TPSA) is 69.4 Å². The minimum atomic E-state index is -0.326. The molecule has 1 atom stereocenters. The van der Waals surface area contributed by atoms with Gasteiger partial charge in [-0.15, -0.1) is 0 Å². The van der Waals surface area contributed by atoms with Crippen LogP contribution in [0.5, 0.6) is 0 Å². The maximum absolute atomic E-state index is 5.94. The minimum absolute atomic E-state index is 0.180. The first-order chi connectivity index (χ1) is 9.74. The molecule has 1 aromatic heterocycles. The molecule has 0 spiro atoms. The first-order valence-electron chi connectivity index (χ1n) is 7.37. The van der Waals surface area contributed by atoms with Crippen LogP contribution in [0.4, 0.5) is 0 Å². The van der Waals surface area contributed by atoms with Crippen LogP contribution in [0.15, 0.2) is 4.52 Å². The van der Waals surface area contributed by atoms with Gasteiger partial charge in [0.2, 0.25) is 11.7 Å². The summed E-state index contributed by atoms with van der Waals surface area (Å²) in [5.41, 5.74) is -0.326. The molecule has 1 aliphatic rings. The number of hydrogen-bond donors (Lipinski definition) is 1. The standard InChI is InChI=1S/C14H25N3O3/c1-4-19-14(7-5-6-8-14)13-16-12(20-17-13)9-11(15-2)10-18-3/h11,15H,4-10H2,1-3H3. The van der Waals surface area contributed by atoms with Gasteiger partial charge in [0.05, 0.1) is 6.61 Å². The van der Waals surface area contributed by atoms with E-state index in [9.17, 15) is 0 Å². The summed E-state index contributed by atoms with van der Waals surface area (Å²) in [5.74, 6) is 1.35. The Hall–Kier alpha value is -0.980. The third-order valence-electron chi connectivity index (χ3n) is 3.90. The van der Waals surface area contributed by atoms with Crippen LogP contribution < -0.4 is 5.32 Å². The van der Waals surface area contributed by atoms with Gasteiger partial charge in [0.1, 0.15) is 5.60 Å². The fourth-order valence-corrected chi connectivity index (χ4v) is 2.83. The Kier molecular flexibility index (Phi) is 5.51. The summed E-state index contributed by atoms with van der Waals surface area (Å²) in [5, 5.41) is 7.34. The van der Waals surface area contributed by atoms with Crippen molar-refractivity contribution in [1.29, 1.82) is 0 Å². The fourth-order valence-electron chi connectivity index (χ4n) is 2.83. The molecule has 0 amide bonds. The number of nitrogens with one attached hydrogen (secondary N) is 1. The average molecular weight is 283 g/mol. The molecule has 2 rings (SSSR count). The van der Waals surface area contributed by atoms with Crippen molar-refractivity contribution in [3.8, 4) is 0 Å². The van der Waals surface area contributed by atoms with Crippen LogP contribution in [0.1, 0.15) is 44.3 Å². The lowest BCUT2D eigenvalue weighted by Gasteiger charge is -2.24. The number of hydrogen-bond acceptors (Lipinski definition) is 6. The van der Waals surface area contributed by atoms with Gasteiger partial charge in [-0.25, -0.2) is 0 Å². The molecule has 1 aromatic rings. The Labute approximate surface area is 120 Å². The summed E-state index contributed by atoms with van der Waals surface area (Å²) < 4.78 is 16.5. The van der Waals surface area contributed by atoms with Crippen molar-refractivity contribution in [3.63, 3.8) is 0 Å². The molecule has 1 saturated carbocycles. The molecule has 1 unspecified atom stereocenters. The summed E-state index contributed by atoms with van der Waals surface area (Å²) in [4.78, 5) is 4.55. The molecule has 1 N–H and O–H groups in total. The molecule has 1 fully saturated rings. The molecular weight excluding hydrogens is 258 g/mol. The van der Waals surface area contributed by atoms with Crippen LogP contribution in [-0.4, -0.2) is 43.6 Å². The van der Waals surface area contributed by atoms with E-state index >= 15 is 0 Å². The summed E-state index contributed by atoms with van der Waals surface area (Å²) in [6, 6.07) is 0.180. The van der Waals surface area contributed by atoms with Gasteiger partial charge >= 0.3 is 0 Å². The van der Waals surface area contributed by atoms with Crippen LogP contribution in [0.3, 0.4) is 0 Å². The summed E-state index contributed by atoms with van der Waals surface area (Å²) in [6.07, 6.45) is 4.94. The Morgan fingerprint density at radius 2 is 2.15 bits per heavy atom. The average Bonchev–Trinajstić information content (AvgIpc) is 3.08. The van der Waals surface area contributed by atoms with Gasteiger partial charge in [-0.05, 0) is 39.7 Å². The van der Waals surface area contributed by atoms with Crippen LogP contribution >= 0.6 is 0 Å². The van der Waals surface area contributed by atoms with Crippen molar-refractivity contribution in [1.82, 2.24) is 15.5 Å². The normalized spacial score (nSPS) is 19.4. The lowest BCUT2D eigenvalue weighted by Crippen LogP contribution is -2.32. The van der Waals surface area contributed by atoms with Crippen molar-refractivity contribution >= 4 is 0 Å². The second-order valence-electron chi connectivity index (χ2n) is 5.29. The Bertz CT molecular complexity index is 402. The molecular formula is C14H25N3O3. The third-order valence-corrected chi connectivity index (χ3v) is 3.90. The molecule has 0 aliphatic heterocycles. The van der Waals surface area contributed by atoms with Crippen molar-refractivity contribution in [2.24, 2.45) is 0 Å². The van der Waals surface area contributed by atoms with Crippen molar-refractivity contribution in [3.05, 3.63) is 11.7 Å². The van der Waals surface area contributed by atoms with Gasteiger partial charge in [-0.2, -0.15) is 4.98 Å². The Balaban J connectivity index is 2.07. The molecule has 0 bridgehead atoms. The van der Waals surface area contributed by atoms with Gasteiger partial charge < -0.3 is 19.3 Å². The molecule has 1 heterocycles. The highest BCUT2D eigenvalue weighted by atomic mass is 16.5. The third kappa shape index (κ3) is 3.37. The second kappa shape index (κ2) is 7.15. The van der Waals surface area contributed by atoms with E-state index in [1.807, 2.05) is 14.0 Å². The molecule has 0 aromatic carbocycles. The minimum Gasteiger partial charge on any atom is -0.383 e. The van der Waals surface area contributed by atoms with Crippen LogP contribution in [0.25, 0.3) is 0 Å². The van der Waals surface area contributed by atoms with E-state index in [-0.39, 0.29) is 11.6 Å². The molecule has 0 radical (unpaired) electrons.